The van der Waals surface area contributed by atoms with Gasteiger partial charge in [-0.15, -0.1) is 0 Å². The summed E-state index contributed by atoms with van der Waals surface area (Å²) in [4.78, 5) is 22.6. The smallest absolute Gasteiger partial charge is 0.281 e. The van der Waals surface area contributed by atoms with E-state index < -0.39 is 30.1 Å². The minimum absolute atomic E-state index is 0.180. The van der Waals surface area contributed by atoms with E-state index in [1.54, 1.807) is 0 Å². The van der Waals surface area contributed by atoms with Crippen molar-refractivity contribution in [3.8, 4) is 0 Å². The van der Waals surface area contributed by atoms with Crippen molar-refractivity contribution in [2.24, 2.45) is 0 Å². The summed E-state index contributed by atoms with van der Waals surface area (Å²) >= 11 is 0. The van der Waals surface area contributed by atoms with Gasteiger partial charge in [-0.2, -0.15) is 0 Å². The van der Waals surface area contributed by atoms with Crippen molar-refractivity contribution in [1.82, 2.24) is 19.5 Å². The van der Waals surface area contributed by atoms with Gasteiger partial charge in [-0.3, -0.25) is 9.36 Å². The highest BCUT2D eigenvalue weighted by Gasteiger charge is 2.39. The van der Waals surface area contributed by atoms with Crippen molar-refractivity contribution in [3.63, 3.8) is 0 Å². The highest BCUT2D eigenvalue weighted by atomic mass is 16.5. The van der Waals surface area contributed by atoms with Gasteiger partial charge in [-0.1, -0.05) is 0 Å². The molecule has 9 heteroatoms. The topological polar surface area (TPSA) is 133 Å². The molecule has 1 saturated heterocycles. The molecule has 0 spiro atoms. The Morgan fingerprint density at radius 3 is 2.89 bits per heavy atom. The van der Waals surface area contributed by atoms with Crippen LogP contribution in [0.2, 0.25) is 0 Å². The maximum Gasteiger partial charge on any atom is 0.281 e. The summed E-state index contributed by atoms with van der Waals surface area (Å²) in [5, 5.41) is 28.8. The number of hydrogen-bond donors (Lipinski definition) is 4. The Kier molecular flexibility index (Phi) is 2.82. The molecule has 1 aliphatic rings. The summed E-state index contributed by atoms with van der Waals surface area (Å²) in [6.07, 6.45) is -2.59. The van der Waals surface area contributed by atoms with Crippen molar-refractivity contribution in [2.45, 2.75) is 24.5 Å². The largest absolute Gasteiger partial charge is 0.388 e. The summed E-state index contributed by atoms with van der Waals surface area (Å²) in [6.45, 7) is -0.184. The van der Waals surface area contributed by atoms with E-state index in [1.807, 2.05) is 0 Å². The molecule has 1 aliphatic heterocycles. The molecule has 3 rings (SSSR count). The molecule has 9 nitrogen and oxygen atoms in total. The number of aliphatic hydroxyl groups excluding tert-OH is 3. The highest BCUT2D eigenvalue weighted by molar-refractivity contribution is 5.67. The fraction of sp³-hybridized carbons (Fsp3) is 0.500. The monoisotopic (exact) mass is 268 g/mol. The van der Waals surface area contributed by atoms with Crippen LogP contribution < -0.4 is 5.56 Å². The first-order valence-corrected chi connectivity index (χ1v) is 5.65. The molecule has 3 heterocycles. The third-order valence-electron chi connectivity index (χ3n) is 3.12. The lowest BCUT2D eigenvalue weighted by Crippen LogP contribution is -2.52. The Labute approximate surface area is 106 Å². The Bertz CT molecular complexity index is 653. The number of nitrogens with one attached hydrogen (secondary N) is 1. The van der Waals surface area contributed by atoms with E-state index in [4.69, 9.17) is 4.74 Å². The van der Waals surface area contributed by atoms with Gasteiger partial charge in [-0.05, 0) is 0 Å². The van der Waals surface area contributed by atoms with Crippen LogP contribution in [0.15, 0.2) is 17.4 Å². The van der Waals surface area contributed by atoms with Gasteiger partial charge in [-0.25, -0.2) is 9.97 Å². The van der Waals surface area contributed by atoms with Crippen LogP contribution in [-0.2, 0) is 4.74 Å². The normalized spacial score (nSPS) is 31.7. The number of rotatable bonds is 1. The van der Waals surface area contributed by atoms with E-state index in [9.17, 15) is 20.1 Å². The van der Waals surface area contributed by atoms with Crippen LogP contribution in [0, 0.1) is 0 Å². The number of aromatic amines is 1. The van der Waals surface area contributed by atoms with Crippen LogP contribution in [0.3, 0.4) is 0 Å². The molecule has 4 N–H and O–H groups in total. The molecular formula is C10H12N4O5. The highest BCUT2D eigenvalue weighted by Crippen LogP contribution is 2.22. The average Bonchev–Trinajstić information content (AvgIpc) is 2.87. The number of aromatic nitrogens is 4. The first-order chi connectivity index (χ1) is 9.09. The first kappa shape index (κ1) is 12.2. The molecule has 19 heavy (non-hydrogen) atoms. The number of H-pyrrole nitrogens is 1. The van der Waals surface area contributed by atoms with Crippen LogP contribution >= 0.6 is 0 Å². The van der Waals surface area contributed by atoms with Crippen LogP contribution in [0.5, 0.6) is 0 Å². The Morgan fingerprint density at radius 1 is 1.32 bits per heavy atom. The predicted octanol–water partition coefficient (Wildman–Crippen LogP) is -2.27. The number of fused-ring (bicyclic) bond motifs is 1. The molecule has 0 amide bonds. The second-order valence-corrected chi connectivity index (χ2v) is 4.33. The van der Waals surface area contributed by atoms with Crippen LogP contribution in [0.4, 0.5) is 0 Å². The van der Waals surface area contributed by atoms with E-state index >= 15 is 0 Å². The summed E-state index contributed by atoms with van der Waals surface area (Å²) in [7, 11) is 0. The van der Waals surface area contributed by atoms with Crippen LogP contribution in [-0.4, -0.2) is 59.8 Å². The maximum absolute atomic E-state index is 12.1. The lowest BCUT2D eigenvalue weighted by Gasteiger charge is -2.35. The first-order valence-electron chi connectivity index (χ1n) is 5.65. The lowest BCUT2D eigenvalue weighted by molar-refractivity contribution is -0.211. The number of ether oxygens (including phenoxy) is 1. The molecule has 0 aromatic carbocycles. The molecule has 1 fully saturated rings. The summed E-state index contributed by atoms with van der Waals surface area (Å²) in [5.74, 6) is 0. The molecule has 0 aliphatic carbocycles. The average molecular weight is 268 g/mol. The van der Waals surface area contributed by atoms with Crippen molar-refractivity contribution in [2.75, 3.05) is 6.61 Å². The lowest BCUT2D eigenvalue weighted by atomic mass is 10.0. The van der Waals surface area contributed by atoms with Crippen molar-refractivity contribution in [1.29, 1.82) is 0 Å². The van der Waals surface area contributed by atoms with Gasteiger partial charge in [0.2, 0.25) is 0 Å². The number of nitrogens with zero attached hydrogens (tertiary/aromatic N) is 3. The van der Waals surface area contributed by atoms with E-state index in [2.05, 4.69) is 15.0 Å². The van der Waals surface area contributed by atoms with Gasteiger partial charge in [0, 0.05) is 0 Å². The number of aliphatic hydroxyl groups is 3. The number of imidazole rings is 1. The molecule has 0 bridgehead atoms. The zero-order chi connectivity index (χ0) is 13.6. The van der Waals surface area contributed by atoms with Crippen LogP contribution in [0.1, 0.15) is 6.23 Å². The zero-order valence-corrected chi connectivity index (χ0v) is 9.67. The van der Waals surface area contributed by atoms with E-state index in [-0.39, 0.29) is 17.8 Å². The summed E-state index contributed by atoms with van der Waals surface area (Å²) in [5.41, 5.74) is -0.0406. The van der Waals surface area contributed by atoms with Crippen molar-refractivity contribution in [3.05, 3.63) is 23.0 Å². The van der Waals surface area contributed by atoms with E-state index in [0.29, 0.717) is 0 Å². The second-order valence-electron chi connectivity index (χ2n) is 4.33. The minimum atomic E-state index is -1.43. The molecule has 102 valence electrons. The van der Waals surface area contributed by atoms with Gasteiger partial charge < -0.3 is 25.0 Å². The Balaban J connectivity index is 2.04. The third-order valence-corrected chi connectivity index (χ3v) is 3.12. The second kappa shape index (κ2) is 4.38. The number of hydrogen-bond acceptors (Lipinski definition) is 7. The quantitative estimate of drug-likeness (QED) is 0.458. The van der Waals surface area contributed by atoms with Gasteiger partial charge in [0.15, 0.2) is 17.4 Å². The summed E-state index contributed by atoms with van der Waals surface area (Å²) in [6, 6.07) is 0. The van der Waals surface area contributed by atoms with E-state index in [0.717, 1.165) is 4.57 Å². The fourth-order valence-corrected chi connectivity index (χ4v) is 2.06. The zero-order valence-electron chi connectivity index (χ0n) is 9.67. The fourth-order valence-electron chi connectivity index (χ4n) is 2.06. The molecule has 0 saturated carbocycles. The van der Waals surface area contributed by atoms with Crippen molar-refractivity contribution >= 4 is 11.2 Å². The SMILES string of the molecule is O=c1c2[nH]cnc2ncn1C1OCC(O)C(O)C1O. The van der Waals surface area contributed by atoms with Gasteiger partial charge in [0.1, 0.15) is 24.6 Å². The third kappa shape index (κ3) is 1.83. The molecular weight excluding hydrogens is 256 g/mol. The van der Waals surface area contributed by atoms with Crippen LogP contribution in [0.25, 0.3) is 11.2 Å². The molecule has 4 atom stereocenters. The molecule has 4 unspecified atom stereocenters. The molecule has 2 aromatic rings. The van der Waals surface area contributed by atoms with Gasteiger partial charge in [0.05, 0.1) is 12.9 Å². The Morgan fingerprint density at radius 2 is 2.11 bits per heavy atom. The predicted molar refractivity (Wildman–Crippen MR) is 61.2 cm³/mol. The van der Waals surface area contributed by atoms with E-state index in [1.165, 1.54) is 12.7 Å². The van der Waals surface area contributed by atoms with Crippen molar-refractivity contribution < 1.29 is 20.1 Å². The standard InChI is InChI=1S/C10H12N4O5/c15-4-1-19-10(7(17)6(4)16)14-3-13-8-5(9(14)18)11-2-12-8/h2-4,6-7,10,15-17H,1H2,(H,11,12). The molecule has 0 radical (unpaired) electrons. The minimum Gasteiger partial charge on any atom is -0.388 e. The molecule has 2 aromatic heterocycles. The van der Waals surface area contributed by atoms with Gasteiger partial charge >= 0.3 is 0 Å². The van der Waals surface area contributed by atoms with Gasteiger partial charge in [0.25, 0.3) is 5.56 Å². The Hall–Kier alpha value is -1.81. The maximum atomic E-state index is 12.1. The summed E-state index contributed by atoms with van der Waals surface area (Å²) < 4.78 is 6.25.